The van der Waals surface area contributed by atoms with Crippen molar-refractivity contribution in [2.75, 3.05) is 26.8 Å². The maximum atomic E-state index is 5.05. The Labute approximate surface area is 75.7 Å². The fourth-order valence-electron chi connectivity index (χ4n) is 1.40. The molecule has 0 saturated heterocycles. The van der Waals surface area contributed by atoms with Crippen molar-refractivity contribution in [1.29, 1.82) is 0 Å². The Kier molecular flexibility index (Phi) is 4.62. The SMILES string of the molecule is COCC(C)CNCCC1CC1. The zero-order chi connectivity index (χ0) is 8.81. The maximum Gasteiger partial charge on any atom is 0.0499 e. The summed E-state index contributed by atoms with van der Waals surface area (Å²) in [6.45, 7) is 5.38. The number of methoxy groups -OCH3 is 1. The molecule has 0 amide bonds. The zero-order valence-corrected chi connectivity index (χ0v) is 8.31. The van der Waals surface area contributed by atoms with Crippen LogP contribution in [-0.4, -0.2) is 26.8 Å². The van der Waals surface area contributed by atoms with Gasteiger partial charge in [-0.15, -0.1) is 0 Å². The number of hydrogen-bond acceptors (Lipinski definition) is 2. The number of nitrogens with one attached hydrogen (secondary N) is 1. The second-order valence-electron chi connectivity index (χ2n) is 4.00. The smallest absolute Gasteiger partial charge is 0.0499 e. The Bertz CT molecular complexity index is 112. The van der Waals surface area contributed by atoms with Gasteiger partial charge in [-0.25, -0.2) is 0 Å². The number of rotatable bonds is 7. The van der Waals surface area contributed by atoms with E-state index in [2.05, 4.69) is 12.2 Å². The average molecular weight is 171 g/mol. The van der Waals surface area contributed by atoms with Gasteiger partial charge in [0, 0.05) is 13.7 Å². The molecule has 1 aliphatic rings. The normalized spacial score (nSPS) is 19.5. The van der Waals surface area contributed by atoms with E-state index < -0.39 is 0 Å². The summed E-state index contributed by atoms with van der Waals surface area (Å²) in [6, 6.07) is 0. The van der Waals surface area contributed by atoms with Crippen LogP contribution < -0.4 is 5.32 Å². The van der Waals surface area contributed by atoms with Gasteiger partial charge in [0.05, 0.1) is 0 Å². The minimum atomic E-state index is 0.647. The zero-order valence-electron chi connectivity index (χ0n) is 8.31. The van der Waals surface area contributed by atoms with E-state index in [4.69, 9.17) is 4.74 Å². The molecule has 0 bridgehead atoms. The van der Waals surface area contributed by atoms with Gasteiger partial charge in [-0.2, -0.15) is 0 Å². The third-order valence-electron chi connectivity index (χ3n) is 2.37. The lowest BCUT2D eigenvalue weighted by Gasteiger charge is -2.10. The summed E-state index contributed by atoms with van der Waals surface area (Å²) < 4.78 is 5.05. The van der Waals surface area contributed by atoms with E-state index in [1.165, 1.54) is 25.8 Å². The van der Waals surface area contributed by atoms with Crippen molar-refractivity contribution in [3.63, 3.8) is 0 Å². The van der Waals surface area contributed by atoms with Gasteiger partial charge in [-0.1, -0.05) is 19.8 Å². The highest BCUT2D eigenvalue weighted by Crippen LogP contribution is 2.31. The van der Waals surface area contributed by atoms with Crippen molar-refractivity contribution in [2.24, 2.45) is 11.8 Å². The molecule has 72 valence electrons. The van der Waals surface area contributed by atoms with Crippen molar-refractivity contribution >= 4 is 0 Å². The molecular weight excluding hydrogens is 150 g/mol. The molecule has 2 heteroatoms. The summed E-state index contributed by atoms with van der Waals surface area (Å²) in [5.41, 5.74) is 0. The lowest BCUT2D eigenvalue weighted by atomic mass is 10.2. The maximum absolute atomic E-state index is 5.05. The quantitative estimate of drug-likeness (QED) is 0.588. The van der Waals surface area contributed by atoms with Gasteiger partial charge in [-0.05, 0) is 31.3 Å². The van der Waals surface area contributed by atoms with Crippen LogP contribution in [0.15, 0.2) is 0 Å². The summed E-state index contributed by atoms with van der Waals surface area (Å²) in [7, 11) is 1.76. The van der Waals surface area contributed by atoms with Crippen LogP contribution in [0, 0.1) is 11.8 Å². The van der Waals surface area contributed by atoms with Crippen molar-refractivity contribution in [1.82, 2.24) is 5.32 Å². The first-order valence-corrected chi connectivity index (χ1v) is 5.02. The highest BCUT2D eigenvalue weighted by atomic mass is 16.5. The topological polar surface area (TPSA) is 21.3 Å². The van der Waals surface area contributed by atoms with Gasteiger partial charge >= 0.3 is 0 Å². The summed E-state index contributed by atoms with van der Waals surface area (Å²) >= 11 is 0. The van der Waals surface area contributed by atoms with Gasteiger partial charge in [-0.3, -0.25) is 0 Å². The molecule has 1 fully saturated rings. The largest absolute Gasteiger partial charge is 0.384 e. The predicted octanol–water partition coefficient (Wildman–Crippen LogP) is 1.66. The minimum Gasteiger partial charge on any atom is -0.384 e. The first kappa shape index (κ1) is 10.0. The Morgan fingerprint density at radius 3 is 2.83 bits per heavy atom. The lowest BCUT2D eigenvalue weighted by Crippen LogP contribution is -2.24. The molecule has 0 radical (unpaired) electrons. The van der Waals surface area contributed by atoms with Crippen LogP contribution in [0.1, 0.15) is 26.2 Å². The molecule has 0 heterocycles. The summed E-state index contributed by atoms with van der Waals surface area (Å²) in [6.07, 6.45) is 4.31. The molecular formula is C10H21NO. The van der Waals surface area contributed by atoms with Crippen LogP contribution in [0.2, 0.25) is 0 Å². The van der Waals surface area contributed by atoms with E-state index in [-0.39, 0.29) is 0 Å². The van der Waals surface area contributed by atoms with Gasteiger partial charge in [0.25, 0.3) is 0 Å². The standard InChI is InChI=1S/C10H21NO/c1-9(8-12-2)7-11-6-5-10-3-4-10/h9-11H,3-8H2,1-2H3. The third kappa shape index (κ3) is 4.73. The monoisotopic (exact) mass is 171 g/mol. The first-order valence-electron chi connectivity index (χ1n) is 5.02. The molecule has 0 aromatic rings. The lowest BCUT2D eigenvalue weighted by molar-refractivity contribution is 0.158. The molecule has 0 aliphatic heterocycles. The third-order valence-corrected chi connectivity index (χ3v) is 2.37. The number of ether oxygens (including phenoxy) is 1. The Balaban J connectivity index is 1.80. The molecule has 1 saturated carbocycles. The van der Waals surface area contributed by atoms with Crippen LogP contribution >= 0.6 is 0 Å². The Hall–Kier alpha value is -0.0800. The van der Waals surface area contributed by atoms with Crippen LogP contribution in [0.5, 0.6) is 0 Å². The average Bonchev–Trinajstić information content (AvgIpc) is 2.82. The molecule has 0 aromatic carbocycles. The molecule has 1 atom stereocenters. The van der Waals surface area contributed by atoms with E-state index in [9.17, 15) is 0 Å². The van der Waals surface area contributed by atoms with Crippen LogP contribution in [-0.2, 0) is 4.74 Å². The van der Waals surface area contributed by atoms with E-state index in [0.29, 0.717) is 5.92 Å². The summed E-state index contributed by atoms with van der Waals surface area (Å²) in [5, 5.41) is 3.46. The van der Waals surface area contributed by atoms with E-state index in [1.54, 1.807) is 7.11 Å². The fourth-order valence-corrected chi connectivity index (χ4v) is 1.40. The van der Waals surface area contributed by atoms with Gasteiger partial charge in [0.15, 0.2) is 0 Å². The summed E-state index contributed by atoms with van der Waals surface area (Å²) in [4.78, 5) is 0. The van der Waals surface area contributed by atoms with Gasteiger partial charge < -0.3 is 10.1 Å². The Morgan fingerprint density at radius 1 is 1.50 bits per heavy atom. The van der Waals surface area contributed by atoms with Crippen LogP contribution in [0.4, 0.5) is 0 Å². The van der Waals surface area contributed by atoms with Crippen molar-refractivity contribution < 1.29 is 4.74 Å². The van der Waals surface area contributed by atoms with Gasteiger partial charge in [0.2, 0.25) is 0 Å². The molecule has 2 nitrogen and oxygen atoms in total. The fraction of sp³-hybridized carbons (Fsp3) is 1.00. The van der Waals surface area contributed by atoms with Crippen molar-refractivity contribution in [2.45, 2.75) is 26.2 Å². The molecule has 1 unspecified atom stereocenters. The van der Waals surface area contributed by atoms with Crippen LogP contribution in [0.3, 0.4) is 0 Å². The van der Waals surface area contributed by atoms with Crippen LogP contribution in [0.25, 0.3) is 0 Å². The molecule has 1 rings (SSSR count). The molecule has 0 spiro atoms. The molecule has 1 N–H and O–H groups in total. The Morgan fingerprint density at radius 2 is 2.25 bits per heavy atom. The molecule has 12 heavy (non-hydrogen) atoms. The number of hydrogen-bond donors (Lipinski definition) is 1. The second-order valence-corrected chi connectivity index (χ2v) is 4.00. The molecule has 1 aliphatic carbocycles. The predicted molar refractivity (Wildman–Crippen MR) is 51.3 cm³/mol. The highest BCUT2D eigenvalue weighted by Gasteiger charge is 2.19. The minimum absolute atomic E-state index is 0.647. The second kappa shape index (κ2) is 5.55. The van der Waals surface area contributed by atoms with E-state index in [0.717, 1.165) is 19.1 Å². The van der Waals surface area contributed by atoms with Crippen molar-refractivity contribution in [3.05, 3.63) is 0 Å². The molecule has 0 aromatic heterocycles. The highest BCUT2D eigenvalue weighted by molar-refractivity contribution is 4.73. The first-order chi connectivity index (χ1) is 5.83. The van der Waals surface area contributed by atoms with Crippen molar-refractivity contribution in [3.8, 4) is 0 Å². The van der Waals surface area contributed by atoms with E-state index >= 15 is 0 Å². The van der Waals surface area contributed by atoms with E-state index in [1.807, 2.05) is 0 Å². The summed E-state index contributed by atoms with van der Waals surface area (Å²) in [5.74, 6) is 1.70. The van der Waals surface area contributed by atoms with Gasteiger partial charge in [0.1, 0.15) is 0 Å².